The van der Waals surface area contributed by atoms with Crippen molar-refractivity contribution in [2.45, 2.75) is 12.1 Å². The lowest BCUT2D eigenvalue weighted by Crippen LogP contribution is -2.57. The highest BCUT2D eigenvalue weighted by Crippen LogP contribution is 2.16. The molecule has 0 saturated carbocycles. The lowest BCUT2D eigenvalue weighted by atomic mass is 10.4. The molecule has 0 bridgehead atoms. The molecule has 0 radical (unpaired) electrons. The summed E-state index contributed by atoms with van der Waals surface area (Å²) in [6.07, 6.45) is 7.69. The van der Waals surface area contributed by atoms with Gasteiger partial charge in [0.05, 0.1) is 0 Å². The molecular weight excluding hydrogens is 244 g/mol. The minimum Gasteiger partial charge on any atom is -0.120 e. The van der Waals surface area contributed by atoms with E-state index in [1.54, 1.807) is 0 Å². The first kappa shape index (κ1) is 13.4. The SMILES string of the molecule is C#CC[Si](CC=C)(c1ccccc1)c1ccccc1. The quantitative estimate of drug-likeness (QED) is 0.441. The van der Waals surface area contributed by atoms with Crippen molar-refractivity contribution < 1.29 is 0 Å². The van der Waals surface area contributed by atoms with Gasteiger partial charge in [-0.05, 0) is 6.04 Å². The minimum absolute atomic E-state index is 0.813. The van der Waals surface area contributed by atoms with Crippen LogP contribution in [0.1, 0.15) is 0 Å². The van der Waals surface area contributed by atoms with Gasteiger partial charge in [0.15, 0.2) is 0 Å². The van der Waals surface area contributed by atoms with Crippen molar-refractivity contribution >= 4 is 18.4 Å². The van der Waals surface area contributed by atoms with E-state index in [1.807, 2.05) is 6.08 Å². The second-order valence-electron chi connectivity index (χ2n) is 4.69. The number of allylic oxidation sites excluding steroid dienone is 1. The zero-order valence-corrected chi connectivity index (χ0v) is 12.0. The molecule has 19 heavy (non-hydrogen) atoms. The third-order valence-corrected chi connectivity index (χ3v) is 8.22. The maximum atomic E-state index is 5.67. The van der Waals surface area contributed by atoms with Gasteiger partial charge in [-0.1, -0.05) is 77.1 Å². The van der Waals surface area contributed by atoms with Crippen LogP contribution in [0.5, 0.6) is 0 Å². The zero-order valence-electron chi connectivity index (χ0n) is 11.0. The summed E-state index contributed by atoms with van der Waals surface area (Å²) in [6.45, 7) is 3.94. The van der Waals surface area contributed by atoms with Crippen molar-refractivity contribution in [2.75, 3.05) is 0 Å². The van der Waals surface area contributed by atoms with Gasteiger partial charge >= 0.3 is 0 Å². The monoisotopic (exact) mass is 262 g/mol. The van der Waals surface area contributed by atoms with Gasteiger partial charge in [0.2, 0.25) is 0 Å². The fraction of sp³-hybridized carbons (Fsp3) is 0.111. The van der Waals surface area contributed by atoms with E-state index < -0.39 is 8.07 Å². The number of rotatable bonds is 5. The molecule has 0 aliphatic heterocycles. The Bertz CT molecular complexity index is 524. The fourth-order valence-corrected chi connectivity index (χ4v) is 6.47. The van der Waals surface area contributed by atoms with Crippen LogP contribution in [0, 0.1) is 12.3 Å². The van der Waals surface area contributed by atoms with E-state index in [4.69, 9.17) is 6.42 Å². The highest BCUT2D eigenvalue weighted by atomic mass is 28.3. The van der Waals surface area contributed by atoms with Crippen LogP contribution in [0.3, 0.4) is 0 Å². The first-order valence-electron chi connectivity index (χ1n) is 6.49. The van der Waals surface area contributed by atoms with Gasteiger partial charge in [0.25, 0.3) is 0 Å². The maximum Gasteiger partial charge on any atom is 0.133 e. The van der Waals surface area contributed by atoms with E-state index in [-0.39, 0.29) is 0 Å². The van der Waals surface area contributed by atoms with Crippen molar-refractivity contribution in [1.82, 2.24) is 0 Å². The summed E-state index contributed by atoms with van der Waals surface area (Å²) in [5.74, 6) is 2.90. The van der Waals surface area contributed by atoms with Crippen LogP contribution in [0.4, 0.5) is 0 Å². The summed E-state index contributed by atoms with van der Waals surface area (Å²) in [4.78, 5) is 0. The summed E-state index contributed by atoms with van der Waals surface area (Å²) < 4.78 is 0. The van der Waals surface area contributed by atoms with E-state index in [0.29, 0.717) is 0 Å². The third-order valence-electron chi connectivity index (χ3n) is 3.55. The zero-order chi connectivity index (χ0) is 13.6. The van der Waals surface area contributed by atoms with Gasteiger partial charge in [-0.15, -0.1) is 18.9 Å². The molecule has 0 saturated heterocycles. The summed E-state index contributed by atoms with van der Waals surface area (Å²) >= 11 is 0. The Morgan fingerprint density at radius 1 is 0.947 bits per heavy atom. The Balaban J connectivity index is 2.61. The minimum atomic E-state index is -1.90. The molecule has 0 heterocycles. The molecule has 0 N–H and O–H groups in total. The molecule has 2 aromatic rings. The summed E-state index contributed by atoms with van der Waals surface area (Å²) in [5, 5.41) is 2.78. The van der Waals surface area contributed by atoms with Crippen LogP contribution in [0.25, 0.3) is 0 Å². The number of benzene rings is 2. The lowest BCUT2D eigenvalue weighted by Gasteiger charge is -2.30. The molecule has 94 valence electrons. The van der Waals surface area contributed by atoms with Crippen molar-refractivity contribution in [2.24, 2.45) is 0 Å². The molecule has 0 nitrogen and oxygen atoms in total. The molecule has 0 amide bonds. The van der Waals surface area contributed by atoms with Crippen LogP contribution < -0.4 is 10.4 Å². The van der Waals surface area contributed by atoms with Crippen molar-refractivity contribution in [1.29, 1.82) is 0 Å². The summed E-state index contributed by atoms with van der Waals surface area (Å²) in [5.41, 5.74) is 0. The van der Waals surface area contributed by atoms with Gasteiger partial charge in [0.1, 0.15) is 8.07 Å². The van der Waals surface area contributed by atoms with E-state index in [2.05, 4.69) is 73.2 Å². The standard InChI is InChI=1S/C18H18Si/c1-3-15-19(16-4-2,17-11-7-5-8-12-17)18-13-9-6-10-14-18/h1,4-14H,2,15-16H2. The normalized spacial score (nSPS) is 10.7. The fourth-order valence-electron chi connectivity index (χ4n) is 2.61. The van der Waals surface area contributed by atoms with E-state index in [0.717, 1.165) is 12.1 Å². The van der Waals surface area contributed by atoms with Crippen molar-refractivity contribution in [3.8, 4) is 12.3 Å². The van der Waals surface area contributed by atoms with Crippen LogP contribution >= 0.6 is 0 Å². The van der Waals surface area contributed by atoms with Gasteiger partial charge in [-0.3, -0.25) is 0 Å². The van der Waals surface area contributed by atoms with Crippen LogP contribution in [0.15, 0.2) is 73.3 Å². The first-order chi connectivity index (χ1) is 9.33. The molecular formula is C18H18Si. The highest BCUT2D eigenvalue weighted by molar-refractivity contribution is 7.03. The van der Waals surface area contributed by atoms with Crippen LogP contribution in [0.2, 0.25) is 12.1 Å². The van der Waals surface area contributed by atoms with Crippen molar-refractivity contribution in [3.05, 3.63) is 73.3 Å². The average molecular weight is 262 g/mol. The largest absolute Gasteiger partial charge is 0.133 e. The van der Waals surface area contributed by atoms with Crippen LogP contribution in [-0.2, 0) is 0 Å². The Morgan fingerprint density at radius 2 is 1.42 bits per heavy atom. The Kier molecular flexibility index (Phi) is 4.38. The second-order valence-corrected chi connectivity index (χ2v) is 8.77. The molecule has 0 aliphatic rings. The topological polar surface area (TPSA) is 0 Å². The lowest BCUT2D eigenvalue weighted by molar-refractivity contribution is 1.50. The third kappa shape index (κ3) is 2.70. The van der Waals surface area contributed by atoms with Crippen LogP contribution in [-0.4, -0.2) is 8.07 Å². The predicted molar refractivity (Wildman–Crippen MR) is 86.6 cm³/mol. The molecule has 2 rings (SSSR count). The molecule has 0 aliphatic carbocycles. The molecule has 0 spiro atoms. The summed E-state index contributed by atoms with van der Waals surface area (Å²) in [6, 6.07) is 23.1. The smallest absolute Gasteiger partial charge is 0.120 e. The Labute approximate surface area is 116 Å². The number of terminal acetylenes is 1. The van der Waals surface area contributed by atoms with Gasteiger partial charge in [0, 0.05) is 6.04 Å². The van der Waals surface area contributed by atoms with E-state index in [1.165, 1.54) is 10.4 Å². The molecule has 0 atom stereocenters. The second kappa shape index (κ2) is 6.22. The molecule has 0 fully saturated rings. The molecule has 2 aromatic carbocycles. The first-order valence-corrected chi connectivity index (χ1v) is 8.90. The van der Waals surface area contributed by atoms with Crippen molar-refractivity contribution in [3.63, 3.8) is 0 Å². The maximum absolute atomic E-state index is 5.67. The van der Waals surface area contributed by atoms with Gasteiger partial charge < -0.3 is 0 Å². The number of hydrogen-bond acceptors (Lipinski definition) is 0. The van der Waals surface area contributed by atoms with Gasteiger partial charge in [-0.25, -0.2) is 0 Å². The van der Waals surface area contributed by atoms with E-state index in [9.17, 15) is 0 Å². The molecule has 0 aromatic heterocycles. The number of hydrogen-bond donors (Lipinski definition) is 0. The summed E-state index contributed by atoms with van der Waals surface area (Å²) in [7, 11) is -1.90. The highest BCUT2D eigenvalue weighted by Gasteiger charge is 2.34. The predicted octanol–water partition coefficient (Wildman–Crippen LogP) is 3.07. The average Bonchev–Trinajstić information content (AvgIpc) is 2.49. The van der Waals surface area contributed by atoms with Gasteiger partial charge in [-0.2, -0.15) is 0 Å². The molecule has 1 heteroatoms. The Morgan fingerprint density at radius 3 is 1.79 bits per heavy atom. The Hall–Kier alpha value is -2.04. The molecule has 0 unspecified atom stereocenters. The van der Waals surface area contributed by atoms with E-state index >= 15 is 0 Å².